The Labute approximate surface area is 154 Å². The lowest BCUT2D eigenvalue weighted by molar-refractivity contribution is 0.559. The maximum absolute atomic E-state index is 12.5. The number of thiophene rings is 1. The second kappa shape index (κ2) is 5.95. The van der Waals surface area contributed by atoms with Gasteiger partial charge in [0.25, 0.3) is 5.56 Å². The molecule has 0 N–H and O–H groups in total. The first-order chi connectivity index (χ1) is 12.4. The molecule has 7 heteroatoms. The van der Waals surface area contributed by atoms with E-state index in [1.54, 1.807) is 4.57 Å². The monoisotopic (exact) mass is 368 g/mol. The minimum absolute atomic E-state index is 0.0148. The van der Waals surface area contributed by atoms with Crippen molar-refractivity contribution in [3.05, 3.63) is 61.9 Å². The summed E-state index contributed by atoms with van der Waals surface area (Å²) in [5.74, 6) is 0.938. The molecule has 0 saturated heterocycles. The minimum atomic E-state index is -0.270. The Kier molecular flexibility index (Phi) is 3.84. The first-order valence-corrected chi connectivity index (χ1v) is 9.34. The Hall–Kier alpha value is -2.67. The van der Waals surface area contributed by atoms with E-state index in [-0.39, 0.29) is 17.3 Å². The fourth-order valence-electron chi connectivity index (χ4n) is 3.33. The number of imidazole rings is 1. The summed E-state index contributed by atoms with van der Waals surface area (Å²) in [6, 6.07) is 9.90. The van der Waals surface area contributed by atoms with Crippen LogP contribution in [0.3, 0.4) is 0 Å². The lowest BCUT2D eigenvalue weighted by atomic mass is 10.3. The van der Waals surface area contributed by atoms with Gasteiger partial charge in [-0.05, 0) is 32.0 Å². The van der Waals surface area contributed by atoms with Crippen LogP contribution in [0.2, 0.25) is 0 Å². The summed E-state index contributed by atoms with van der Waals surface area (Å²) in [5.41, 5.74) is 1.53. The number of hydrogen-bond donors (Lipinski definition) is 0. The van der Waals surface area contributed by atoms with Crippen LogP contribution in [0.4, 0.5) is 0 Å². The molecule has 3 heterocycles. The highest BCUT2D eigenvalue weighted by Crippen LogP contribution is 2.27. The van der Waals surface area contributed by atoms with E-state index in [0.29, 0.717) is 11.8 Å². The standard InChI is InChI=1S/C19H20N4O2S/c1-11(2)23-18-13(17(24)22(4)19(23)25)9-12(26-18)10-16-20-14-7-5-6-8-15(14)21(16)3/h5-9,11H,10H2,1-4H3. The molecule has 4 rings (SSSR count). The molecule has 1 aromatic carbocycles. The molecular weight excluding hydrogens is 348 g/mol. The molecule has 0 radical (unpaired) electrons. The number of aryl methyl sites for hydroxylation is 1. The Morgan fingerprint density at radius 3 is 2.54 bits per heavy atom. The topological polar surface area (TPSA) is 61.8 Å². The quantitative estimate of drug-likeness (QED) is 0.559. The third-order valence-electron chi connectivity index (χ3n) is 4.74. The van der Waals surface area contributed by atoms with Gasteiger partial charge in [-0.3, -0.25) is 13.9 Å². The summed E-state index contributed by atoms with van der Waals surface area (Å²) in [6.45, 7) is 3.91. The molecule has 6 nitrogen and oxygen atoms in total. The maximum atomic E-state index is 12.5. The minimum Gasteiger partial charge on any atom is -0.331 e. The Bertz CT molecular complexity index is 1260. The lowest BCUT2D eigenvalue weighted by Gasteiger charge is -2.12. The number of hydrogen-bond acceptors (Lipinski definition) is 4. The van der Waals surface area contributed by atoms with Gasteiger partial charge in [0.05, 0.1) is 16.4 Å². The van der Waals surface area contributed by atoms with E-state index >= 15 is 0 Å². The normalized spacial score (nSPS) is 11.9. The van der Waals surface area contributed by atoms with Crippen molar-refractivity contribution in [2.45, 2.75) is 26.3 Å². The number of benzene rings is 1. The molecule has 0 aliphatic heterocycles. The Balaban J connectivity index is 1.89. The van der Waals surface area contributed by atoms with E-state index < -0.39 is 0 Å². The average Bonchev–Trinajstić information content (AvgIpc) is 3.15. The number of aromatic nitrogens is 4. The molecule has 0 unspecified atom stereocenters. The van der Waals surface area contributed by atoms with Gasteiger partial charge in [0, 0.05) is 31.4 Å². The van der Waals surface area contributed by atoms with Gasteiger partial charge in [0.1, 0.15) is 10.7 Å². The van der Waals surface area contributed by atoms with E-state index in [1.165, 1.54) is 23.0 Å². The second-order valence-corrected chi connectivity index (χ2v) is 7.91. The van der Waals surface area contributed by atoms with Crippen molar-refractivity contribution in [2.24, 2.45) is 14.1 Å². The molecule has 0 aliphatic rings. The predicted molar refractivity (Wildman–Crippen MR) is 105 cm³/mol. The second-order valence-electron chi connectivity index (χ2n) is 6.79. The van der Waals surface area contributed by atoms with Crippen LogP contribution in [-0.2, 0) is 20.5 Å². The molecule has 0 spiro atoms. The van der Waals surface area contributed by atoms with Gasteiger partial charge in [-0.1, -0.05) is 12.1 Å². The highest BCUT2D eigenvalue weighted by atomic mass is 32.1. The third kappa shape index (κ3) is 2.42. The number of rotatable bonds is 3. The molecule has 0 amide bonds. The molecule has 134 valence electrons. The van der Waals surface area contributed by atoms with Crippen molar-refractivity contribution in [3.63, 3.8) is 0 Å². The van der Waals surface area contributed by atoms with E-state index in [0.717, 1.165) is 26.6 Å². The summed E-state index contributed by atoms with van der Waals surface area (Å²) < 4.78 is 4.96. The van der Waals surface area contributed by atoms with Crippen LogP contribution < -0.4 is 11.2 Å². The van der Waals surface area contributed by atoms with Crippen molar-refractivity contribution in [3.8, 4) is 0 Å². The van der Waals surface area contributed by atoms with Crippen LogP contribution in [0.1, 0.15) is 30.6 Å². The average molecular weight is 368 g/mol. The van der Waals surface area contributed by atoms with Crippen LogP contribution in [0.15, 0.2) is 39.9 Å². The van der Waals surface area contributed by atoms with E-state index in [2.05, 4.69) is 4.57 Å². The summed E-state index contributed by atoms with van der Waals surface area (Å²) in [6.07, 6.45) is 0.625. The largest absolute Gasteiger partial charge is 0.332 e. The number of para-hydroxylation sites is 2. The first kappa shape index (κ1) is 16.8. The molecule has 0 aliphatic carbocycles. The Morgan fingerprint density at radius 2 is 1.85 bits per heavy atom. The van der Waals surface area contributed by atoms with Crippen LogP contribution >= 0.6 is 11.3 Å². The zero-order valence-corrected chi connectivity index (χ0v) is 16.0. The third-order valence-corrected chi connectivity index (χ3v) is 5.87. The van der Waals surface area contributed by atoms with E-state index in [1.807, 2.05) is 51.2 Å². The molecule has 26 heavy (non-hydrogen) atoms. The number of nitrogens with zero attached hydrogens (tertiary/aromatic N) is 4. The molecule has 0 bridgehead atoms. The van der Waals surface area contributed by atoms with Crippen molar-refractivity contribution in [1.82, 2.24) is 18.7 Å². The van der Waals surface area contributed by atoms with E-state index in [4.69, 9.17) is 4.98 Å². The maximum Gasteiger partial charge on any atom is 0.332 e. The smallest absolute Gasteiger partial charge is 0.331 e. The molecule has 0 atom stereocenters. The van der Waals surface area contributed by atoms with Gasteiger partial charge in [-0.2, -0.15) is 0 Å². The summed E-state index contributed by atoms with van der Waals surface area (Å²) >= 11 is 1.50. The molecule has 3 aromatic heterocycles. The first-order valence-electron chi connectivity index (χ1n) is 8.52. The van der Waals surface area contributed by atoms with Crippen LogP contribution in [0.25, 0.3) is 21.3 Å². The van der Waals surface area contributed by atoms with Crippen molar-refractivity contribution >= 4 is 32.6 Å². The molecule has 0 saturated carbocycles. The fourth-order valence-corrected chi connectivity index (χ4v) is 4.60. The van der Waals surface area contributed by atoms with Crippen molar-refractivity contribution < 1.29 is 0 Å². The van der Waals surface area contributed by atoms with Crippen LogP contribution in [0, 0.1) is 0 Å². The van der Waals surface area contributed by atoms with E-state index in [9.17, 15) is 9.59 Å². The summed E-state index contributed by atoms with van der Waals surface area (Å²) in [4.78, 5) is 31.5. The summed E-state index contributed by atoms with van der Waals surface area (Å²) in [5, 5.41) is 0.597. The SMILES string of the molecule is CC(C)n1c(=O)n(C)c(=O)c2cc(Cc3nc4ccccc4n3C)sc21. The van der Waals surface area contributed by atoms with Gasteiger partial charge in [-0.25, -0.2) is 9.78 Å². The zero-order valence-electron chi connectivity index (χ0n) is 15.2. The molecule has 4 aromatic rings. The van der Waals surface area contributed by atoms with Crippen molar-refractivity contribution in [1.29, 1.82) is 0 Å². The summed E-state index contributed by atoms with van der Waals surface area (Å²) in [7, 11) is 3.53. The fraction of sp³-hybridized carbons (Fsp3) is 0.316. The van der Waals surface area contributed by atoms with Gasteiger partial charge in [0.2, 0.25) is 0 Å². The van der Waals surface area contributed by atoms with Gasteiger partial charge < -0.3 is 4.57 Å². The lowest BCUT2D eigenvalue weighted by Crippen LogP contribution is -2.38. The Morgan fingerprint density at radius 1 is 1.12 bits per heavy atom. The van der Waals surface area contributed by atoms with Crippen molar-refractivity contribution in [2.75, 3.05) is 0 Å². The number of fused-ring (bicyclic) bond motifs is 2. The predicted octanol–water partition coefficient (Wildman–Crippen LogP) is 2.82. The van der Waals surface area contributed by atoms with Crippen LogP contribution in [-0.4, -0.2) is 18.7 Å². The zero-order chi connectivity index (χ0) is 18.6. The highest BCUT2D eigenvalue weighted by molar-refractivity contribution is 7.18. The highest BCUT2D eigenvalue weighted by Gasteiger charge is 2.17. The van der Waals surface area contributed by atoms with Gasteiger partial charge in [-0.15, -0.1) is 11.3 Å². The van der Waals surface area contributed by atoms with Gasteiger partial charge in [0.15, 0.2) is 0 Å². The molecule has 0 fully saturated rings. The van der Waals surface area contributed by atoms with Crippen LogP contribution in [0.5, 0.6) is 0 Å². The molecular formula is C19H20N4O2S. The van der Waals surface area contributed by atoms with Gasteiger partial charge >= 0.3 is 5.69 Å².